The number of rotatable bonds is 8. The van der Waals surface area contributed by atoms with E-state index in [1.54, 1.807) is 6.07 Å². The largest absolute Gasteiger partial charge is 0.412 e. The Kier molecular flexibility index (Phi) is 8.08. The van der Waals surface area contributed by atoms with E-state index in [-0.39, 0.29) is 48.5 Å². The zero-order valence-corrected chi connectivity index (χ0v) is 22.3. The Labute approximate surface area is 227 Å². The van der Waals surface area contributed by atoms with Gasteiger partial charge in [0.1, 0.15) is 5.39 Å². The number of ether oxygens (including phenoxy) is 1. The van der Waals surface area contributed by atoms with Crippen molar-refractivity contribution in [1.29, 1.82) is 5.26 Å². The van der Waals surface area contributed by atoms with E-state index in [0.717, 1.165) is 9.21 Å². The van der Waals surface area contributed by atoms with Crippen molar-refractivity contribution in [1.82, 2.24) is 24.0 Å². The molecule has 1 aliphatic rings. The summed E-state index contributed by atoms with van der Waals surface area (Å²) in [6, 6.07) is 9.57. The van der Waals surface area contributed by atoms with Gasteiger partial charge in [-0.2, -0.15) is 14.8 Å². The summed E-state index contributed by atoms with van der Waals surface area (Å²) in [6.45, 7) is -0.0722. The minimum atomic E-state index is -3.65. The fourth-order valence-corrected chi connectivity index (χ4v) is 5.42. The lowest BCUT2D eigenvalue weighted by molar-refractivity contribution is -0.100. The number of fused-ring (bicyclic) bond motifs is 1. The number of anilines is 2. The molecule has 1 atom stereocenters. The van der Waals surface area contributed by atoms with Gasteiger partial charge < -0.3 is 19.9 Å². The van der Waals surface area contributed by atoms with Crippen LogP contribution >= 0.6 is 0 Å². The second-order valence-electron chi connectivity index (χ2n) is 9.38. The highest BCUT2D eigenvalue weighted by Crippen LogP contribution is 2.37. The number of carbonyl (C=O) groups is 1. The van der Waals surface area contributed by atoms with Gasteiger partial charge >= 0.3 is 18.9 Å². The lowest BCUT2D eigenvalue weighted by Crippen LogP contribution is -2.49. The van der Waals surface area contributed by atoms with E-state index >= 15 is 0 Å². The Morgan fingerprint density at radius 3 is 2.45 bits per heavy atom. The molecule has 16 heteroatoms. The molecule has 0 aliphatic carbocycles. The van der Waals surface area contributed by atoms with Crippen LogP contribution in [-0.4, -0.2) is 78.4 Å². The maximum Gasteiger partial charge on any atom is 0.412 e. The molecule has 12 nitrogen and oxygen atoms in total. The Morgan fingerprint density at radius 2 is 1.88 bits per heavy atom. The number of carbonyl (C=O) groups excluding carboxylic acids is 1. The summed E-state index contributed by atoms with van der Waals surface area (Å²) in [7, 11) is -0.819. The first kappa shape index (κ1) is 28.9. The number of nitrogens with one attached hydrogen (secondary N) is 2. The monoisotopic (exact) mass is 581 g/mol. The second kappa shape index (κ2) is 11.2. The molecule has 3 heterocycles. The molecule has 1 fully saturated rings. The van der Waals surface area contributed by atoms with Crippen molar-refractivity contribution in [2.75, 3.05) is 32.5 Å². The number of sulfonamides is 1. The molecule has 1 aromatic carbocycles. The average molecular weight is 582 g/mol. The highest BCUT2D eigenvalue weighted by molar-refractivity contribution is 7.89. The van der Waals surface area contributed by atoms with Crippen LogP contribution in [0.2, 0.25) is 0 Å². The molecule has 4 rings (SSSR count). The number of benzene rings is 1. The molecule has 40 heavy (non-hydrogen) atoms. The lowest BCUT2D eigenvalue weighted by Gasteiger charge is -2.40. The van der Waals surface area contributed by atoms with Gasteiger partial charge in [0.05, 0.1) is 28.4 Å². The third-order valence-corrected chi connectivity index (χ3v) is 8.55. The number of pyridine rings is 1. The lowest BCUT2D eigenvalue weighted by atomic mass is 9.85. The maximum atomic E-state index is 13.2. The zero-order valence-electron chi connectivity index (χ0n) is 21.5. The van der Waals surface area contributed by atoms with Crippen molar-refractivity contribution in [3.8, 4) is 6.07 Å². The van der Waals surface area contributed by atoms with Gasteiger partial charge in [0.25, 0.3) is 5.56 Å². The zero-order chi connectivity index (χ0) is 29.2. The third kappa shape index (κ3) is 5.47. The van der Waals surface area contributed by atoms with Crippen LogP contribution in [0, 0.1) is 11.3 Å². The number of nitrogens with zero attached hydrogens (tertiary/aromatic N) is 5. The van der Waals surface area contributed by atoms with Crippen LogP contribution < -0.4 is 10.9 Å². The highest BCUT2D eigenvalue weighted by Gasteiger charge is 2.41. The molecule has 1 aliphatic heterocycles. The van der Waals surface area contributed by atoms with Crippen LogP contribution in [0.4, 0.5) is 29.5 Å². The van der Waals surface area contributed by atoms with E-state index < -0.39 is 40.0 Å². The number of hydrogen-bond donors (Lipinski definition) is 2. The molecule has 2 aromatic heterocycles. The van der Waals surface area contributed by atoms with Gasteiger partial charge in [-0.25, -0.2) is 26.3 Å². The first-order chi connectivity index (χ1) is 18.9. The van der Waals surface area contributed by atoms with Gasteiger partial charge in [-0.3, -0.25) is 9.48 Å². The molecule has 214 valence electrons. The Morgan fingerprint density at radius 1 is 1.23 bits per heavy atom. The van der Waals surface area contributed by atoms with E-state index in [1.165, 1.54) is 49.2 Å². The van der Waals surface area contributed by atoms with Crippen LogP contribution in [0.25, 0.3) is 10.9 Å². The molecule has 0 radical (unpaired) electrons. The van der Waals surface area contributed by atoms with E-state index in [2.05, 4.69) is 26.2 Å². The molecular formula is C24H26F3N7O5S. The standard InChI is InChI=1S/C24H26F3N7O5S/c1-32(2)40(37,38)16-5-3-15(4-6-16)30-21-18-17(7-12-29-22(18)35)34(31-21)24(8-11-28)9-13-33(14-10-24)23(36)39-20(27)19(25)26/h3-7,12,19-20H,8-10,13-14H2,1-2H3,(H,29,35)(H,30,31). The minimum absolute atomic E-state index is 0.0361. The molecule has 1 amide bonds. The molecule has 3 aromatic rings. The van der Waals surface area contributed by atoms with E-state index in [4.69, 9.17) is 0 Å². The van der Waals surface area contributed by atoms with Crippen molar-refractivity contribution in [3.05, 3.63) is 46.9 Å². The van der Waals surface area contributed by atoms with E-state index in [9.17, 15) is 36.4 Å². The number of H-pyrrole nitrogens is 1. The smallest absolute Gasteiger partial charge is 0.408 e. The number of nitriles is 1. The van der Waals surface area contributed by atoms with Crippen molar-refractivity contribution in [3.63, 3.8) is 0 Å². The maximum absolute atomic E-state index is 13.2. The van der Waals surface area contributed by atoms with Crippen LogP contribution in [-0.2, 0) is 20.3 Å². The molecule has 0 spiro atoms. The summed E-state index contributed by atoms with van der Waals surface area (Å²) in [5.41, 5.74) is -0.615. The summed E-state index contributed by atoms with van der Waals surface area (Å²) in [5, 5.41) is 17.5. The third-order valence-electron chi connectivity index (χ3n) is 6.72. The van der Waals surface area contributed by atoms with Gasteiger partial charge in [0.15, 0.2) is 5.82 Å². The number of aromatic amines is 1. The predicted octanol–water partition coefficient (Wildman–Crippen LogP) is 3.12. The SMILES string of the molecule is CN(C)S(=O)(=O)c1ccc(Nc2nn(C3(CC#N)CCN(C(=O)OC(F)C(F)F)CC3)c3cc[nH]c(=O)c23)cc1. The number of amides is 1. The average Bonchev–Trinajstić information content (AvgIpc) is 3.29. The van der Waals surface area contributed by atoms with Gasteiger partial charge in [-0.05, 0) is 43.2 Å². The van der Waals surface area contributed by atoms with Gasteiger partial charge in [-0.15, -0.1) is 0 Å². The van der Waals surface area contributed by atoms with Crippen LogP contribution in [0.15, 0.2) is 46.2 Å². The molecule has 2 N–H and O–H groups in total. The predicted molar refractivity (Wildman–Crippen MR) is 137 cm³/mol. The molecular weight excluding hydrogens is 555 g/mol. The quantitative estimate of drug-likeness (QED) is 0.412. The summed E-state index contributed by atoms with van der Waals surface area (Å²) < 4.78 is 69.7. The molecule has 0 saturated carbocycles. The molecule has 0 bridgehead atoms. The van der Waals surface area contributed by atoms with Crippen molar-refractivity contribution in [2.45, 2.75) is 42.5 Å². The summed E-state index contributed by atoms with van der Waals surface area (Å²) >= 11 is 0. The normalized spacial score (nSPS) is 16.2. The topological polar surface area (TPSA) is 153 Å². The van der Waals surface area contributed by atoms with Crippen molar-refractivity contribution >= 4 is 38.5 Å². The fourth-order valence-electron chi connectivity index (χ4n) is 4.52. The van der Waals surface area contributed by atoms with Crippen LogP contribution in [0.5, 0.6) is 0 Å². The first-order valence-corrected chi connectivity index (χ1v) is 13.5. The number of aromatic nitrogens is 3. The number of halogens is 3. The molecule has 1 unspecified atom stereocenters. The van der Waals surface area contributed by atoms with Crippen LogP contribution in [0.1, 0.15) is 19.3 Å². The van der Waals surface area contributed by atoms with Gasteiger partial charge in [-0.1, -0.05) is 0 Å². The Bertz CT molecular complexity index is 1590. The van der Waals surface area contributed by atoms with E-state index in [1.807, 2.05) is 0 Å². The summed E-state index contributed by atoms with van der Waals surface area (Å²) in [4.78, 5) is 28.7. The highest BCUT2D eigenvalue weighted by atomic mass is 32.2. The van der Waals surface area contributed by atoms with Gasteiger partial charge in [0.2, 0.25) is 10.0 Å². The first-order valence-electron chi connectivity index (χ1n) is 12.0. The molecule has 1 saturated heterocycles. The van der Waals surface area contributed by atoms with Crippen molar-refractivity contribution in [2.24, 2.45) is 0 Å². The minimum Gasteiger partial charge on any atom is -0.408 e. The van der Waals surface area contributed by atoms with Gasteiger partial charge in [0, 0.05) is 39.1 Å². The number of likely N-dealkylation sites (tertiary alicyclic amines) is 1. The van der Waals surface area contributed by atoms with Crippen LogP contribution in [0.3, 0.4) is 0 Å². The Hall–Kier alpha value is -4.10. The summed E-state index contributed by atoms with van der Waals surface area (Å²) in [6.07, 6.45) is -6.11. The summed E-state index contributed by atoms with van der Waals surface area (Å²) in [5.74, 6) is 0.149. The number of hydrogen-bond acceptors (Lipinski definition) is 8. The Balaban J connectivity index is 1.66. The fraction of sp³-hybridized carbons (Fsp3) is 0.417. The van der Waals surface area contributed by atoms with Crippen molar-refractivity contribution < 1.29 is 31.1 Å². The second-order valence-corrected chi connectivity index (χ2v) is 11.5. The van der Waals surface area contributed by atoms with E-state index in [0.29, 0.717) is 11.2 Å². The number of piperidine rings is 1. The number of alkyl halides is 3.